The van der Waals surface area contributed by atoms with Gasteiger partial charge in [0.1, 0.15) is 0 Å². The largest absolute Gasteiger partial charge is 0.595 e. The minimum absolute atomic E-state index is 0.187. The van der Waals surface area contributed by atoms with Crippen LogP contribution < -0.4 is 5.23 Å². The molecule has 0 aromatic heterocycles. The molecule has 3 atom stereocenters. The maximum atomic E-state index is 12.5. The van der Waals surface area contributed by atoms with Crippen molar-refractivity contribution in [1.82, 2.24) is 0 Å². The first-order valence-electron chi connectivity index (χ1n) is 8.43. The van der Waals surface area contributed by atoms with E-state index in [9.17, 15) is 20.1 Å². The molecule has 10 nitrogen and oxygen atoms in total. The maximum absolute atomic E-state index is 12.5. The number of nitro benzene ring substituents is 1. The Balaban J connectivity index is 1.83. The summed E-state index contributed by atoms with van der Waals surface area (Å²) in [7, 11) is 0. The number of quaternary nitrogens is 1. The summed E-state index contributed by atoms with van der Waals surface area (Å²) < 4.78 is 17.1. The molecule has 142 valence electrons. The molecule has 2 fully saturated rings. The lowest BCUT2D eigenvalue weighted by Crippen LogP contribution is -2.99. The van der Waals surface area contributed by atoms with Crippen molar-refractivity contribution in [3.8, 4) is 0 Å². The molecule has 2 aliphatic heterocycles. The third-order valence-corrected chi connectivity index (χ3v) is 4.57. The van der Waals surface area contributed by atoms with E-state index in [0.717, 1.165) is 31.0 Å². The molecule has 0 radical (unpaired) electrons. The number of benzene rings is 1. The smallest absolute Gasteiger partial charge is 0.339 e. The van der Waals surface area contributed by atoms with Crippen molar-refractivity contribution in [3.05, 3.63) is 39.1 Å². The number of nitro groups is 1. The van der Waals surface area contributed by atoms with Gasteiger partial charge in [-0.15, -0.1) is 0 Å². The summed E-state index contributed by atoms with van der Waals surface area (Å²) in [4.78, 5) is 22.8. The van der Waals surface area contributed by atoms with Crippen molar-refractivity contribution in [3.63, 3.8) is 0 Å². The molecule has 0 amide bonds. The number of hydrogen-bond donors (Lipinski definition) is 2. The molecule has 0 aliphatic carbocycles. The maximum Gasteiger partial charge on any atom is 0.339 e. The van der Waals surface area contributed by atoms with E-state index in [0.29, 0.717) is 32.5 Å². The SMILES string of the molecule is O=C(OC1CCCOC12CCCCO2)c1cc([N+](=O)[O-])cc([NH+]([O-])O)c1. The predicted molar refractivity (Wildman–Crippen MR) is 85.8 cm³/mol. The monoisotopic (exact) mass is 368 g/mol. The van der Waals surface area contributed by atoms with Gasteiger partial charge in [0.05, 0.1) is 29.8 Å². The van der Waals surface area contributed by atoms with Gasteiger partial charge in [-0.25, -0.2) is 10.0 Å². The molecule has 1 spiro atoms. The van der Waals surface area contributed by atoms with E-state index in [1.807, 2.05) is 0 Å². The van der Waals surface area contributed by atoms with Gasteiger partial charge in [-0.3, -0.25) is 10.1 Å². The topological polar surface area (TPSA) is 136 Å². The van der Waals surface area contributed by atoms with E-state index in [-0.39, 0.29) is 11.3 Å². The zero-order valence-corrected chi connectivity index (χ0v) is 14.0. The molecule has 2 aliphatic rings. The zero-order valence-electron chi connectivity index (χ0n) is 14.0. The average Bonchev–Trinajstić information content (AvgIpc) is 2.64. The minimum atomic E-state index is -1.36. The summed E-state index contributed by atoms with van der Waals surface area (Å²) in [5.74, 6) is -1.82. The lowest BCUT2D eigenvalue weighted by molar-refractivity contribution is -0.991. The quantitative estimate of drug-likeness (QED) is 0.460. The molecule has 10 heteroatoms. The van der Waals surface area contributed by atoms with Gasteiger partial charge in [-0.2, -0.15) is 5.23 Å². The van der Waals surface area contributed by atoms with Crippen LogP contribution in [0.4, 0.5) is 11.4 Å². The van der Waals surface area contributed by atoms with Crippen molar-refractivity contribution < 1.29 is 34.4 Å². The predicted octanol–water partition coefficient (Wildman–Crippen LogP) is 1.23. The highest BCUT2D eigenvalue weighted by molar-refractivity contribution is 5.91. The van der Waals surface area contributed by atoms with Gasteiger partial charge < -0.3 is 19.4 Å². The molecule has 2 saturated heterocycles. The van der Waals surface area contributed by atoms with Gasteiger partial charge in [-0.05, 0) is 25.7 Å². The zero-order chi connectivity index (χ0) is 18.7. The molecule has 2 N–H and O–H groups in total. The molecule has 1 aromatic rings. The van der Waals surface area contributed by atoms with Crippen molar-refractivity contribution in [2.75, 3.05) is 13.2 Å². The van der Waals surface area contributed by atoms with Gasteiger partial charge in [-0.1, -0.05) is 0 Å². The Morgan fingerprint density at radius 3 is 2.65 bits per heavy atom. The Morgan fingerprint density at radius 1 is 1.27 bits per heavy atom. The fourth-order valence-corrected chi connectivity index (χ4v) is 3.29. The number of ether oxygens (including phenoxy) is 3. The molecule has 3 rings (SSSR count). The van der Waals surface area contributed by atoms with Crippen molar-refractivity contribution in [2.45, 2.75) is 44.0 Å². The van der Waals surface area contributed by atoms with Crippen LogP contribution in [-0.4, -0.2) is 41.2 Å². The molecule has 26 heavy (non-hydrogen) atoms. The van der Waals surface area contributed by atoms with Crippen LogP contribution in [0.15, 0.2) is 18.2 Å². The van der Waals surface area contributed by atoms with Crippen LogP contribution in [0.3, 0.4) is 0 Å². The van der Waals surface area contributed by atoms with E-state index >= 15 is 0 Å². The second-order valence-electron chi connectivity index (χ2n) is 6.33. The van der Waals surface area contributed by atoms with E-state index < -0.39 is 33.7 Å². The van der Waals surface area contributed by atoms with Gasteiger partial charge in [0.25, 0.3) is 5.69 Å². The second-order valence-corrected chi connectivity index (χ2v) is 6.33. The van der Waals surface area contributed by atoms with Crippen LogP contribution in [0.25, 0.3) is 0 Å². The molecule has 0 saturated carbocycles. The second kappa shape index (κ2) is 7.64. The molecule has 0 bridgehead atoms. The first kappa shape index (κ1) is 18.7. The minimum Gasteiger partial charge on any atom is -0.595 e. The molecule has 1 aromatic carbocycles. The number of nitrogens with one attached hydrogen (secondary N) is 1. The summed E-state index contributed by atoms with van der Waals surface area (Å²) in [6.45, 7) is 1.02. The Morgan fingerprint density at radius 2 is 2.00 bits per heavy atom. The number of esters is 1. The van der Waals surface area contributed by atoms with Crippen molar-refractivity contribution in [1.29, 1.82) is 0 Å². The van der Waals surface area contributed by atoms with Crippen LogP contribution in [-0.2, 0) is 14.2 Å². The summed E-state index contributed by atoms with van der Waals surface area (Å²) in [5.41, 5.74) is -1.02. The highest BCUT2D eigenvalue weighted by Gasteiger charge is 2.47. The van der Waals surface area contributed by atoms with E-state index in [1.54, 1.807) is 0 Å². The number of rotatable bonds is 4. The van der Waals surface area contributed by atoms with E-state index in [4.69, 9.17) is 19.4 Å². The Labute approximate surface area is 148 Å². The van der Waals surface area contributed by atoms with E-state index in [2.05, 4.69) is 0 Å². The number of non-ortho nitro benzene ring substituents is 1. The molecule has 2 heterocycles. The van der Waals surface area contributed by atoms with Crippen LogP contribution in [0.1, 0.15) is 42.5 Å². The Kier molecular flexibility index (Phi) is 5.49. The first-order chi connectivity index (χ1) is 12.4. The van der Waals surface area contributed by atoms with Crippen LogP contribution in [0.2, 0.25) is 0 Å². The lowest BCUT2D eigenvalue weighted by atomic mass is 9.94. The third kappa shape index (κ3) is 3.84. The summed E-state index contributed by atoms with van der Waals surface area (Å²) in [6.07, 6.45) is 2.98. The fourth-order valence-electron chi connectivity index (χ4n) is 3.29. The van der Waals surface area contributed by atoms with Gasteiger partial charge in [0.2, 0.25) is 5.79 Å². The highest BCUT2D eigenvalue weighted by atomic mass is 16.8. The van der Waals surface area contributed by atoms with Crippen molar-refractivity contribution >= 4 is 17.3 Å². The van der Waals surface area contributed by atoms with E-state index in [1.165, 1.54) is 0 Å². The summed E-state index contributed by atoms with van der Waals surface area (Å²) in [6, 6.07) is 2.97. The van der Waals surface area contributed by atoms with Gasteiger partial charge >= 0.3 is 5.97 Å². The van der Waals surface area contributed by atoms with Crippen molar-refractivity contribution in [2.24, 2.45) is 0 Å². The summed E-state index contributed by atoms with van der Waals surface area (Å²) >= 11 is 0. The standard InChI is InChI=1S/C16H20N2O8/c19-15(11-8-12(17(20)21)10-13(9-11)18(22)23)26-14-4-3-7-25-16(14)5-1-2-6-24-16/h8-10,14,17,20H,1-7H2. The lowest BCUT2D eigenvalue weighted by Gasteiger charge is -2.44. The van der Waals surface area contributed by atoms with Gasteiger partial charge in [0.15, 0.2) is 11.8 Å². The van der Waals surface area contributed by atoms with Crippen LogP contribution in [0.5, 0.6) is 0 Å². The number of carbonyl (C=O) groups excluding carboxylic acids is 1. The highest BCUT2D eigenvalue weighted by Crippen LogP contribution is 2.37. The normalized spacial score (nSPS) is 27.1. The first-order valence-corrected chi connectivity index (χ1v) is 8.43. The van der Waals surface area contributed by atoms with Crippen LogP contribution in [0, 0.1) is 15.3 Å². The number of hydrogen-bond acceptors (Lipinski definition) is 8. The van der Waals surface area contributed by atoms with Crippen LogP contribution >= 0.6 is 0 Å². The third-order valence-electron chi connectivity index (χ3n) is 4.57. The number of nitrogens with zero attached hydrogens (tertiary/aromatic N) is 1. The molecular formula is C16H20N2O8. The average molecular weight is 368 g/mol. The Hall–Kier alpha value is -2.11. The summed E-state index contributed by atoms with van der Waals surface area (Å²) in [5, 5.41) is 29.9. The number of carbonyl (C=O) groups is 1. The Bertz CT molecular complexity index is 679. The fraction of sp³-hybridized carbons (Fsp3) is 0.562. The van der Waals surface area contributed by atoms with Gasteiger partial charge in [0, 0.05) is 18.6 Å². The molecular weight excluding hydrogens is 348 g/mol. The molecule has 3 unspecified atom stereocenters.